The molecule has 170 valence electrons. The molecule has 6 nitrogen and oxygen atoms in total. The second-order valence-electron chi connectivity index (χ2n) is 7.25. The van der Waals surface area contributed by atoms with Crippen molar-refractivity contribution in [3.05, 3.63) is 69.7 Å². The van der Waals surface area contributed by atoms with Gasteiger partial charge in [0.25, 0.3) is 0 Å². The van der Waals surface area contributed by atoms with E-state index in [9.17, 15) is 9.59 Å². The number of benzene rings is 2. The lowest BCUT2D eigenvalue weighted by atomic mass is 10.1. The zero-order valence-corrected chi connectivity index (χ0v) is 19.4. The fourth-order valence-electron chi connectivity index (χ4n) is 2.90. The SMILES string of the molecule is O=C(CCCCCCCCC(=O)N/N=C\c1ccccc1Cl)N/N=C\c1ccccc1Cl. The Morgan fingerprint density at radius 3 is 1.44 bits per heavy atom. The lowest BCUT2D eigenvalue weighted by molar-refractivity contribution is -0.122. The number of rotatable bonds is 13. The lowest BCUT2D eigenvalue weighted by Gasteiger charge is -2.03. The van der Waals surface area contributed by atoms with Crippen LogP contribution < -0.4 is 10.9 Å². The average Bonchev–Trinajstić information content (AvgIpc) is 2.78. The summed E-state index contributed by atoms with van der Waals surface area (Å²) in [4.78, 5) is 23.6. The Morgan fingerprint density at radius 2 is 1.03 bits per heavy atom. The van der Waals surface area contributed by atoms with Crippen molar-refractivity contribution in [2.75, 3.05) is 0 Å². The van der Waals surface area contributed by atoms with Crippen molar-refractivity contribution in [1.82, 2.24) is 10.9 Å². The molecule has 0 heterocycles. The molecule has 0 radical (unpaired) electrons. The summed E-state index contributed by atoms with van der Waals surface area (Å²) in [5.74, 6) is -0.218. The van der Waals surface area contributed by atoms with Crippen LogP contribution in [0.25, 0.3) is 0 Å². The number of halogens is 2. The van der Waals surface area contributed by atoms with Crippen LogP contribution in [0.3, 0.4) is 0 Å². The van der Waals surface area contributed by atoms with Gasteiger partial charge in [0.05, 0.1) is 12.4 Å². The number of carbonyl (C=O) groups is 2. The van der Waals surface area contributed by atoms with Crippen LogP contribution in [0.1, 0.15) is 62.5 Å². The van der Waals surface area contributed by atoms with Crippen molar-refractivity contribution >= 4 is 47.4 Å². The predicted octanol–water partition coefficient (Wildman–Crippen LogP) is 5.71. The molecule has 8 heteroatoms. The van der Waals surface area contributed by atoms with Crippen molar-refractivity contribution in [2.45, 2.75) is 51.4 Å². The van der Waals surface area contributed by atoms with E-state index >= 15 is 0 Å². The van der Waals surface area contributed by atoms with Crippen LogP contribution in [-0.4, -0.2) is 24.2 Å². The molecule has 0 saturated heterocycles. The molecule has 0 aliphatic carbocycles. The summed E-state index contributed by atoms with van der Waals surface area (Å²) in [6.45, 7) is 0. The van der Waals surface area contributed by atoms with Gasteiger partial charge in [-0.2, -0.15) is 10.2 Å². The highest BCUT2D eigenvalue weighted by Crippen LogP contribution is 2.13. The van der Waals surface area contributed by atoms with Gasteiger partial charge in [0.1, 0.15) is 0 Å². The predicted molar refractivity (Wildman–Crippen MR) is 131 cm³/mol. The lowest BCUT2D eigenvalue weighted by Crippen LogP contribution is -2.17. The molecule has 0 atom stereocenters. The molecule has 0 bridgehead atoms. The minimum atomic E-state index is -0.109. The number of hydrogen-bond acceptors (Lipinski definition) is 4. The van der Waals surface area contributed by atoms with E-state index in [2.05, 4.69) is 21.1 Å². The second-order valence-corrected chi connectivity index (χ2v) is 8.07. The molecular weight excluding hydrogens is 447 g/mol. The summed E-state index contributed by atoms with van der Waals surface area (Å²) >= 11 is 12.1. The number of nitrogens with one attached hydrogen (secondary N) is 2. The van der Waals surface area contributed by atoms with Crippen LogP contribution in [0.15, 0.2) is 58.7 Å². The highest BCUT2D eigenvalue weighted by molar-refractivity contribution is 6.33. The first kappa shape index (κ1) is 25.6. The number of hydrogen-bond donors (Lipinski definition) is 2. The van der Waals surface area contributed by atoms with E-state index in [1.54, 1.807) is 24.6 Å². The summed E-state index contributed by atoms with van der Waals surface area (Å²) in [7, 11) is 0. The van der Waals surface area contributed by atoms with Gasteiger partial charge in [0.2, 0.25) is 11.8 Å². The molecular formula is C24H28Cl2N4O2. The molecule has 0 spiro atoms. The van der Waals surface area contributed by atoms with Crippen molar-refractivity contribution in [3.8, 4) is 0 Å². The van der Waals surface area contributed by atoms with Crippen LogP contribution in [0.5, 0.6) is 0 Å². The first-order valence-corrected chi connectivity index (χ1v) is 11.4. The fourth-order valence-corrected chi connectivity index (χ4v) is 3.27. The number of carbonyl (C=O) groups excluding carboxylic acids is 2. The Labute approximate surface area is 199 Å². The van der Waals surface area contributed by atoms with E-state index < -0.39 is 0 Å². The van der Waals surface area contributed by atoms with E-state index in [1.807, 2.05) is 36.4 Å². The van der Waals surface area contributed by atoms with Crippen molar-refractivity contribution in [2.24, 2.45) is 10.2 Å². The minimum Gasteiger partial charge on any atom is -0.273 e. The molecule has 2 amide bonds. The van der Waals surface area contributed by atoms with Gasteiger partial charge in [-0.1, -0.05) is 85.3 Å². The van der Waals surface area contributed by atoms with Gasteiger partial charge < -0.3 is 0 Å². The largest absolute Gasteiger partial charge is 0.273 e. The molecule has 0 unspecified atom stereocenters. The molecule has 2 rings (SSSR count). The number of nitrogens with zero attached hydrogens (tertiary/aromatic N) is 2. The van der Waals surface area contributed by atoms with Gasteiger partial charge in [0.15, 0.2) is 0 Å². The van der Waals surface area contributed by atoms with E-state index in [0.717, 1.165) is 49.7 Å². The zero-order chi connectivity index (χ0) is 23.0. The summed E-state index contributed by atoms with van der Waals surface area (Å²) in [6.07, 6.45) is 9.57. The Kier molecular flexibility index (Phi) is 12.1. The first-order valence-electron chi connectivity index (χ1n) is 10.7. The maximum Gasteiger partial charge on any atom is 0.240 e. The summed E-state index contributed by atoms with van der Waals surface area (Å²) in [5.41, 5.74) is 6.56. The molecule has 32 heavy (non-hydrogen) atoms. The minimum absolute atomic E-state index is 0.109. The van der Waals surface area contributed by atoms with E-state index in [0.29, 0.717) is 22.9 Å². The number of hydrazone groups is 2. The molecule has 0 aliphatic heterocycles. The van der Waals surface area contributed by atoms with Gasteiger partial charge in [-0.05, 0) is 25.0 Å². The first-order chi connectivity index (χ1) is 15.6. The van der Waals surface area contributed by atoms with Gasteiger partial charge in [-0.15, -0.1) is 0 Å². The van der Waals surface area contributed by atoms with Crippen LogP contribution in [0.4, 0.5) is 0 Å². The van der Waals surface area contributed by atoms with Crippen molar-refractivity contribution in [3.63, 3.8) is 0 Å². The van der Waals surface area contributed by atoms with Crippen molar-refractivity contribution in [1.29, 1.82) is 0 Å². The van der Waals surface area contributed by atoms with Crippen LogP contribution >= 0.6 is 23.2 Å². The fraction of sp³-hybridized carbons (Fsp3) is 0.333. The Hall–Kier alpha value is -2.70. The highest BCUT2D eigenvalue weighted by atomic mass is 35.5. The standard InChI is InChI=1S/C24H28Cl2N4O2/c25-21-13-9-7-11-19(21)17-27-29-23(31)15-5-3-1-2-4-6-16-24(32)30-28-18-20-12-8-10-14-22(20)26/h7-14,17-18H,1-6,15-16H2,(H,29,31)(H,30,32)/b27-17-,28-18-. The van der Waals surface area contributed by atoms with Crippen LogP contribution in [0.2, 0.25) is 10.0 Å². The zero-order valence-electron chi connectivity index (χ0n) is 17.9. The second kappa shape index (κ2) is 15.2. The topological polar surface area (TPSA) is 82.9 Å². The Bertz CT molecular complexity index is 856. The van der Waals surface area contributed by atoms with Gasteiger partial charge in [0, 0.05) is 34.0 Å². The number of amides is 2. The highest BCUT2D eigenvalue weighted by Gasteiger charge is 2.02. The smallest absolute Gasteiger partial charge is 0.240 e. The Balaban J connectivity index is 1.45. The summed E-state index contributed by atoms with van der Waals surface area (Å²) < 4.78 is 0. The third-order valence-corrected chi connectivity index (χ3v) is 5.34. The molecule has 0 saturated carbocycles. The maximum atomic E-state index is 11.8. The molecule has 0 aliphatic rings. The normalized spacial score (nSPS) is 11.2. The van der Waals surface area contributed by atoms with Gasteiger partial charge in [-0.25, -0.2) is 10.9 Å². The molecule has 2 aromatic carbocycles. The summed E-state index contributed by atoms with van der Waals surface area (Å²) in [6, 6.07) is 14.6. The van der Waals surface area contributed by atoms with Crippen LogP contribution in [0, 0.1) is 0 Å². The third kappa shape index (κ3) is 10.6. The van der Waals surface area contributed by atoms with Crippen LogP contribution in [-0.2, 0) is 9.59 Å². The Morgan fingerprint density at radius 1 is 0.656 bits per heavy atom. The molecule has 2 N–H and O–H groups in total. The quantitative estimate of drug-likeness (QED) is 0.221. The number of unbranched alkanes of at least 4 members (excludes halogenated alkanes) is 5. The van der Waals surface area contributed by atoms with E-state index in [1.165, 1.54) is 0 Å². The van der Waals surface area contributed by atoms with Crippen molar-refractivity contribution < 1.29 is 9.59 Å². The molecule has 0 aromatic heterocycles. The average molecular weight is 475 g/mol. The van der Waals surface area contributed by atoms with E-state index in [-0.39, 0.29) is 11.8 Å². The molecule has 2 aromatic rings. The third-order valence-electron chi connectivity index (χ3n) is 4.65. The maximum absolute atomic E-state index is 11.8. The monoisotopic (exact) mass is 474 g/mol. The van der Waals surface area contributed by atoms with Gasteiger partial charge in [-0.3, -0.25) is 9.59 Å². The van der Waals surface area contributed by atoms with E-state index in [4.69, 9.17) is 23.2 Å². The molecule has 0 fully saturated rings. The summed E-state index contributed by atoms with van der Waals surface area (Å²) in [5, 5.41) is 9.06. The van der Waals surface area contributed by atoms with Gasteiger partial charge >= 0.3 is 0 Å².